The minimum Gasteiger partial charge on any atom is -0.444 e. The normalized spacial score (nSPS) is 9.97. The topological polar surface area (TPSA) is 89.5 Å². The van der Waals surface area contributed by atoms with Crippen molar-refractivity contribution in [3.05, 3.63) is 204 Å². The summed E-state index contributed by atoms with van der Waals surface area (Å²) in [6.07, 6.45) is 8.12. The standard InChI is InChI=1S/C14H20BrNO2.C9H10Br2.C9H10BrCl.2C9H9BrO.C9H10O.CH4/c1-5-10-6-7-12(15)8-11(10)9-16-13(17)18-14(2,3)4;1-2-7-3-4-9(11)5-8(7)6-10;2*1-2-7-3-4-9(10)5-8(7)6-11;1-2-8-7(6-11)4-3-5-9(8)10;1-2-8-5-3-4-6-9(8)7-10;/h6-8H,5,9H2,1-4H3,(H,16,17);2*3-5H,2,6H2,1H3;2*3-6H,2H2,1H3;3-7H,2H2,1H3;1H4. The van der Waals surface area contributed by atoms with E-state index in [1.54, 1.807) is 0 Å². The minimum absolute atomic E-state index is 0. The molecule has 0 saturated heterocycles. The quantitative estimate of drug-likeness (QED) is 0.0919. The van der Waals surface area contributed by atoms with Crippen LogP contribution in [0.25, 0.3) is 0 Å². The van der Waals surface area contributed by atoms with Crippen LogP contribution in [0.15, 0.2) is 138 Å². The number of hydrogen-bond donors (Lipinski definition) is 1. The van der Waals surface area contributed by atoms with Crippen LogP contribution in [0.1, 0.15) is 151 Å². The van der Waals surface area contributed by atoms with Gasteiger partial charge in [0, 0.05) is 56.8 Å². The zero-order chi connectivity index (χ0) is 54.2. The van der Waals surface area contributed by atoms with Gasteiger partial charge in [-0.05, 0) is 164 Å². The number of carbonyl (C=O) groups excluding carboxylic acids is 4. The van der Waals surface area contributed by atoms with Gasteiger partial charge in [0.1, 0.15) is 24.5 Å². The number of ether oxygens (including phenoxy) is 1. The smallest absolute Gasteiger partial charge is 0.407 e. The van der Waals surface area contributed by atoms with Crippen molar-refractivity contribution in [3.63, 3.8) is 0 Å². The number of benzene rings is 6. The lowest BCUT2D eigenvalue weighted by molar-refractivity contribution is 0.0523. The Morgan fingerprint density at radius 3 is 1.34 bits per heavy atom. The summed E-state index contributed by atoms with van der Waals surface area (Å²) in [6, 6.07) is 37.8. The highest BCUT2D eigenvalue weighted by atomic mass is 79.9. The van der Waals surface area contributed by atoms with Crippen molar-refractivity contribution in [1.82, 2.24) is 5.32 Å². The van der Waals surface area contributed by atoms with Crippen molar-refractivity contribution >= 4 is 132 Å². The van der Waals surface area contributed by atoms with Gasteiger partial charge in [0.2, 0.25) is 0 Å². The lowest BCUT2D eigenvalue weighted by atomic mass is 10.1. The van der Waals surface area contributed by atoms with E-state index in [9.17, 15) is 19.2 Å². The third-order valence-corrected chi connectivity index (χ3v) is 14.2. The van der Waals surface area contributed by atoms with Gasteiger partial charge in [0.05, 0.1) is 0 Å². The number of hydrogen-bond acceptors (Lipinski definition) is 5. The fourth-order valence-electron chi connectivity index (χ4n) is 6.74. The van der Waals surface area contributed by atoms with E-state index in [1.165, 1.54) is 27.8 Å². The van der Waals surface area contributed by atoms with E-state index in [2.05, 4.69) is 164 Å². The predicted molar refractivity (Wildman–Crippen MR) is 332 cm³/mol. The molecule has 6 aromatic carbocycles. The van der Waals surface area contributed by atoms with E-state index in [4.69, 9.17) is 16.3 Å². The minimum atomic E-state index is -0.463. The zero-order valence-electron chi connectivity index (χ0n) is 42.8. The average Bonchev–Trinajstić information content (AvgIpc) is 3.38. The Labute approximate surface area is 492 Å². The maximum atomic E-state index is 11.6. The number of aldehydes is 3. The number of alkyl carbamates (subject to hydrolysis) is 1. The van der Waals surface area contributed by atoms with Crippen LogP contribution in [0.4, 0.5) is 4.79 Å². The molecule has 0 aliphatic rings. The summed E-state index contributed by atoms with van der Waals surface area (Å²) < 4.78 is 10.4. The van der Waals surface area contributed by atoms with Crippen LogP contribution in [-0.4, -0.2) is 30.6 Å². The maximum Gasteiger partial charge on any atom is 0.407 e. The Hall–Kier alpha value is -3.23. The van der Waals surface area contributed by atoms with Gasteiger partial charge in [-0.15, -0.1) is 11.6 Å². The Bertz CT molecular complexity index is 2540. The molecular weight excluding hydrogens is 1330 g/mol. The predicted octanol–water partition coefficient (Wildman–Crippen LogP) is 20.0. The van der Waals surface area contributed by atoms with Crippen LogP contribution in [0.3, 0.4) is 0 Å². The Morgan fingerprint density at radius 2 is 0.918 bits per heavy atom. The van der Waals surface area contributed by atoms with Crippen LogP contribution in [0.2, 0.25) is 0 Å². The van der Waals surface area contributed by atoms with Crippen molar-refractivity contribution in [1.29, 1.82) is 0 Å². The van der Waals surface area contributed by atoms with Gasteiger partial charge < -0.3 is 10.1 Å². The van der Waals surface area contributed by atoms with E-state index >= 15 is 0 Å². The second-order valence-electron chi connectivity index (χ2n) is 16.7. The first-order chi connectivity index (χ1) is 34.3. The maximum absolute atomic E-state index is 11.6. The van der Waals surface area contributed by atoms with Crippen molar-refractivity contribution in [2.45, 2.75) is 132 Å². The fourth-order valence-corrected chi connectivity index (χ4v) is 9.78. The van der Waals surface area contributed by atoms with E-state index in [0.29, 0.717) is 12.4 Å². The number of nitrogens with one attached hydrogen (secondary N) is 1. The number of aryl methyl sites for hydroxylation is 5. The number of carbonyl (C=O) groups is 4. The van der Waals surface area contributed by atoms with Crippen LogP contribution < -0.4 is 5.32 Å². The van der Waals surface area contributed by atoms with Crippen LogP contribution >= 0.6 is 107 Å². The van der Waals surface area contributed by atoms with Gasteiger partial charge in [-0.25, -0.2) is 4.79 Å². The molecule has 0 unspecified atom stereocenters. The monoisotopic (exact) mass is 1400 g/mol. The van der Waals surface area contributed by atoms with E-state index in [0.717, 1.165) is 124 Å². The summed E-state index contributed by atoms with van der Waals surface area (Å²) in [5.74, 6) is 0.600. The SMILES string of the molecule is C.CCc1c(Br)cccc1C=O.CCc1ccc(Br)cc1C=O.CCc1ccc(Br)cc1CBr.CCc1ccc(Br)cc1CCl.CCc1ccc(Br)cc1CNC(=O)OC(C)(C)C.CCc1ccccc1C=O. The molecule has 0 saturated carbocycles. The first kappa shape index (κ1) is 69.8. The average molecular weight is 1400 g/mol. The van der Waals surface area contributed by atoms with Gasteiger partial charge in [-0.2, -0.15) is 0 Å². The van der Waals surface area contributed by atoms with Crippen molar-refractivity contribution in [2.24, 2.45) is 0 Å². The van der Waals surface area contributed by atoms with Gasteiger partial charge in [0.15, 0.2) is 0 Å². The number of alkyl halides is 2. The Balaban J connectivity index is 0.000000861. The molecule has 13 heteroatoms. The summed E-state index contributed by atoms with van der Waals surface area (Å²) in [7, 11) is 0. The molecule has 0 aromatic heterocycles. The molecule has 0 radical (unpaired) electrons. The molecule has 6 rings (SSSR count). The summed E-state index contributed by atoms with van der Waals surface area (Å²) in [5, 5.41) is 3.72. The van der Waals surface area contributed by atoms with Crippen molar-refractivity contribution in [3.8, 4) is 0 Å². The fraction of sp³-hybridized carbons (Fsp3) is 0.333. The molecule has 0 aliphatic heterocycles. The highest BCUT2D eigenvalue weighted by molar-refractivity contribution is 9.11. The van der Waals surface area contributed by atoms with Gasteiger partial charge in [-0.1, -0.05) is 205 Å². The molecule has 1 amide bonds. The third kappa shape index (κ3) is 27.4. The Kier molecular flexibility index (Phi) is 37.5. The molecule has 396 valence electrons. The van der Waals surface area contributed by atoms with Gasteiger partial charge >= 0.3 is 6.09 Å². The lowest BCUT2D eigenvalue weighted by Gasteiger charge is -2.20. The molecule has 6 nitrogen and oxygen atoms in total. The molecule has 0 bridgehead atoms. The van der Waals surface area contributed by atoms with Gasteiger partial charge in [0.25, 0.3) is 0 Å². The summed E-state index contributed by atoms with van der Waals surface area (Å²) >= 11 is 26.2. The second-order valence-corrected chi connectivity index (χ2v) is 22.0. The molecule has 6 aromatic rings. The molecular formula is C60H72Br6ClNO5. The largest absolute Gasteiger partial charge is 0.444 e. The highest BCUT2D eigenvalue weighted by Gasteiger charge is 2.16. The molecule has 0 atom stereocenters. The van der Waals surface area contributed by atoms with Crippen LogP contribution in [-0.2, 0) is 61.0 Å². The molecule has 1 N–H and O–H groups in total. The van der Waals surface area contributed by atoms with Crippen molar-refractivity contribution in [2.75, 3.05) is 0 Å². The summed E-state index contributed by atoms with van der Waals surface area (Å²) in [6.45, 7) is 18.6. The number of amides is 1. The van der Waals surface area contributed by atoms with Gasteiger partial charge in [-0.3, -0.25) is 14.4 Å². The highest BCUT2D eigenvalue weighted by Crippen LogP contribution is 2.22. The van der Waals surface area contributed by atoms with Crippen LogP contribution in [0, 0.1) is 0 Å². The second kappa shape index (κ2) is 39.2. The number of rotatable bonds is 13. The zero-order valence-corrected chi connectivity index (χ0v) is 53.0. The number of halogens is 7. The van der Waals surface area contributed by atoms with E-state index in [-0.39, 0.29) is 13.5 Å². The molecule has 73 heavy (non-hydrogen) atoms. The third-order valence-electron chi connectivity index (χ3n) is 10.6. The lowest BCUT2D eigenvalue weighted by Crippen LogP contribution is -2.32. The molecule has 0 heterocycles. The summed E-state index contributed by atoms with van der Waals surface area (Å²) in [4.78, 5) is 43.0. The van der Waals surface area contributed by atoms with E-state index in [1.807, 2.05) is 114 Å². The Morgan fingerprint density at radius 1 is 0.507 bits per heavy atom. The first-order valence-corrected chi connectivity index (χ1v) is 29.3. The summed E-state index contributed by atoms with van der Waals surface area (Å²) in [5.41, 5.74) is 12.9. The molecule has 0 aliphatic carbocycles. The van der Waals surface area contributed by atoms with Crippen molar-refractivity contribution < 1.29 is 23.9 Å². The van der Waals surface area contributed by atoms with Crippen LogP contribution in [0.5, 0.6) is 0 Å². The molecule has 0 spiro atoms. The first-order valence-electron chi connectivity index (χ1n) is 23.7. The van der Waals surface area contributed by atoms with E-state index < -0.39 is 5.60 Å². The molecule has 0 fully saturated rings.